The number of hydrogen-bond donors (Lipinski definition) is 3. The van der Waals surface area contributed by atoms with Crippen molar-refractivity contribution in [2.75, 3.05) is 0 Å². The van der Waals surface area contributed by atoms with Crippen molar-refractivity contribution in [2.24, 2.45) is 11.8 Å². The van der Waals surface area contributed by atoms with Gasteiger partial charge in [0.15, 0.2) is 0 Å². The van der Waals surface area contributed by atoms with Gasteiger partial charge in [0.25, 0.3) is 0 Å². The molecule has 0 heterocycles. The lowest BCUT2D eigenvalue weighted by atomic mass is 10.1. The van der Waals surface area contributed by atoms with Gasteiger partial charge in [0.1, 0.15) is 5.75 Å². The van der Waals surface area contributed by atoms with Crippen LogP contribution < -0.4 is 23.7 Å². The van der Waals surface area contributed by atoms with Crippen molar-refractivity contribution in [3.63, 3.8) is 0 Å². The largest absolute Gasteiger partial charge is 0.513 e. The van der Waals surface area contributed by atoms with Crippen LogP contribution in [0.3, 0.4) is 0 Å². The smallest absolute Gasteiger partial charge is 0.407 e. The van der Waals surface area contributed by atoms with Crippen LogP contribution >= 0.6 is 15.5 Å². The molecule has 0 saturated carbocycles. The normalized spacial score (nSPS) is 13.8. The number of rotatable bonds is 12. The van der Waals surface area contributed by atoms with Gasteiger partial charge in [-0.15, -0.1) is 0 Å². The maximum atomic E-state index is 13.9. The molecule has 0 amide bonds. The molecule has 0 fully saturated rings. The molecule has 0 aliphatic rings. The highest BCUT2D eigenvalue weighted by Crippen LogP contribution is 2.48. The van der Waals surface area contributed by atoms with Crippen molar-refractivity contribution in [1.82, 2.24) is 10.2 Å². The average molecular weight is 831 g/mol. The molecule has 3 N–H and O–H groups in total. The van der Waals surface area contributed by atoms with Gasteiger partial charge in [-0.05, 0) is 37.8 Å². The Morgan fingerprint density at radius 1 is 0.519 bits per heavy atom. The Balaban J connectivity index is 0.000000928. The van der Waals surface area contributed by atoms with Crippen LogP contribution in [0.15, 0.2) is 30.3 Å². The second-order valence-corrected chi connectivity index (χ2v) is 14.0. The van der Waals surface area contributed by atoms with Crippen LogP contribution in [0.1, 0.15) is 41.5 Å². The minimum atomic E-state index is -4.82. The maximum Gasteiger partial charge on any atom is 0.513 e. The summed E-state index contributed by atoms with van der Waals surface area (Å²) >= 11 is 0. The number of benzene rings is 3. The number of para-hydroxylation sites is 1. The second-order valence-electron chi connectivity index (χ2n) is 10.9. The molecule has 300 valence electrons. The highest BCUT2D eigenvalue weighted by Gasteiger charge is 2.37. The molecule has 0 bridgehead atoms. The highest BCUT2D eigenvalue weighted by molar-refractivity contribution is 7.52. The third-order valence-electron chi connectivity index (χ3n) is 6.46. The number of hydrogen-bond acceptors (Lipinski definition) is 9. The van der Waals surface area contributed by atoms with Gasteiger partial charge in [-0.2, -0.15) is 41.8 Å². The Labute approximate surface area is 300 Å². The molecule has 3 rings (SSSR count). The number of carbonyl (C=O) groups excluding carboxylic acids is 4. The topological polar surface area (TPSA) is 174 Å². The zero-order chi connectivity index (χ0) is 42.3. The lowest BCUT2D eigenvalue weighted by Crippen LogP contribution is -2.32. The van der Waals surface area contributed by atoms with Crippen molar-refractivity contribution in [3.8, 4) is 17.2 Å². The number of nitrogens with one attached hydrogen (secondary N) is 2. The summed E-state index contributed by atoms with van der Waals surface area (Å²) in [5.41, 5.74) is 0. The third kappa shape index (κ3) is 14.4. The van der Waals surface area contributed by atoms with Crippen LogP contribution in [0.5, 0.6) is 17.2 Å². The van der Waals surface area contributed by atoms with Crippen molar-refractivity contribution < 1.29 is 90.7 Å². The first-order chi connectivity index (χ1) is 24.9. The van der Waals surface area contributed by atoms with E-state index in [1.165, 1.54) is 31.2 Å². The third-order valence-corrected chi connectivity index (χ3v) is 9.22. The monoisotopic (exact) mass is 830 g/mol. The summed E-state index contributed by atoms with van der Waals surface area (Å²) in [5.74, 6) is -26.6. The lowest BCUT2D eigenvalue weighted by Gasteiger charge is -2.25. The van der Waals surface area contributed by atoms with Crippen LogP contribution in [0.2, 0.25) is 0 Å². The van der Waals surface area contributed by atoms with E-state index in [1.807, 2.05) is 5.09 Å². The van der Waals surface area contributed by atoms with Crippen molar-refractivity contribution in [3.05, 3.63) is 88.5 Å². The predicted molar refractivity (Wildman–Crippen MR) is 163 cm³/mol. The van der Waals surface area contributed by atoms with Gasteiger partial charge in [0.05, 0.1) is 0 Å². The molecule has 0 saturated heterocycles. The molecule has 3 aromatic rings. The lowest BCUT2D eigenvalue weighted by molar-refractivity contribution is -0.193. The average Bonchev–Trinajstić information content (AvgIpc) is 3.09. The molecule has 0 aromatic heterocycles. The van der Waals surface area contributed by atoms with E-state index >= 15 is 0 Å². The first kappa shape index (κ1) is 49.5. The van der Waals surface area contributed by atoms with Gasteiger partial charge in [0, 0.05) is 12.1 Å². The van der Waals surface area contributed by atoms with Crippen molar-refractivity contribution in [1.29, 1.82) is 0 Å². The summed E-state index contributed by atoms with van der Waals surface area (Å²) in [5, 5.41) is 4.47. The summed E-state index contributed by atoms with van der Waals surface area (Å²) in [7, 11) is -9.39. The molecule has 0 aliphatic carbocycles. The highest BCUT2D eigenvalue weighted by atomic mass is 31.2. The van der Waals surface area contributed by atoms with Crippen LogP contribution in [0, 0.1) is 70.0 Å². The predicted octanol–water partition coefficient (Wildman–Crippen LogP) is 7.91. The Bertz CT molecular complexity index is 1830. The first-order valence-electron chi connectivity index (χ1n) is 14.5. The molecule has 24 heteroatoms. The van der Waals surface area contributed by atoms with E-state index < -0.39 is 97.2 Å². The minimum Gasteiger partial charge on any atom is -0.407 e. The van der Waals surface area contributed by atoms with Crippen LogP contribution in [-0.2, 0) is 28.3 Å². The molecule has 4 atom stereocenters. The molecule has 54 heavy (non-hydrogen) atoms. The molecule has 0 radical (unpaired) electrons. The summed E-state index contributed by atoms with van der Waals surface area (Å²) in [6, 6.07) is 6.32. The maximum absolute atomic E-state index is 13.9. The Kier molecular flexibility index (Phi) is 20.1. The minimum absolute atomic E-state index is 0.00756. The standard InChI is InChI=1S/C17H17F5NO3P.C11H13F5NO3P.2CO2/c1-9(2)10(3)23-27(24,25-11-7-5-4-6-8-11)26-17-15(21)13(19)12(18)14(20)16(17)22;1-4(2)5(3)17-21(18,19)20-11-9(15)7(13)6(12)8(14)10(11)16;2*2-1-3/h4-10H,1-3H3,(H,23,24);4-5H,1-3H3,(H2,17,18,19);;/t10-,27?;5-;;/m00../s1. The fourth-order valence-corrected chi connectivity index (χ4v) is 6.11. The molecular weight excluding hydrogens is 800 g/mol. The Hall–Kier alpha value is -4.54. The van der Waals surface area contributed by atoms with Gasteiger partial charge in [-0.3, -0.25) is 0 Å². The van der Waals surface area contributed by atoms with Gasteiger partial charge in [-0.25, -0.2) is 40.6 Å². The molecule has 2 unspecified atom stereocenters. The zero-order valence-corrected chi connectivity index (χ0v) is 30.3. The van der Waals surface area contributed by atoms with Gasteiger partial charge in [0.2, 0.25) is 69.7 Å². The fraction of sp³-hybridized carbons (Fsp3) is 0.333. The van der Waals surface area contributed by atoms with Gasteiger partial charge >= 0.3 is 27.8 Å². The second kappa shape index (κ2) is 22.0. The quantitative estimate of drug-likeness (QED) is 0.0698. The van der Waals surface area contributed by atoms with E-state index in [4.69, 9.17) is 28.2 Å². The molecular formula is C30H30F10N2O10P2. The van der Waals surface area contributed by atoms with E-state index in [0.717, 1.165) is 0 Å². The fourth-order valence-electron chi connectivity index (χ4n) is 3.10. The SMILES string of the molecule is CC(C)[C@H](C)NP(=O)(O)Oc1c(F)c(F)c(F)c(F)c1F.CC(C)[C@H](C)NP(=O)(Oc1ccccc1)Oc1c(F)c(F)c(F)c(F)c1F.O=C=O.O=C=O. The van der Waals surface area contributed by atoms with Gasteiger partial charge in [-0.1, -0.05) is 45.9 Å². The summed E-state index contributed by atoms with van der Waals surface area (Å²) < 4.78 is 172. The van der Waals surface area contributed by atoms with Crippen LogP contribution in [-0.4, -0.2) is 29.3 Å². The zero-order valence-electron chi connectivity index (χ0n) is 28.5. The summed E-state index contributed by atoms with van der Waals surface area (Å²) in [6.07, 6.45) is 0.500. The molecule has 0 aliphatic heterocycles. The van der Waals surface area contributed by atoms with E-state index in [-0.39, 0.29) is 29.9 Å². The van der Waals surface area contributed by atoms with E-state index in [0.29, 0.717) is 0 Å². The summed E-state index contributed by atoms with van der Waals surface area (Å²) in [4.78, 5) is 41.9. The first-order valence-corrected chi connectivity index (χ1v) is 17.6. The molecule has 0 spiro atoms. The number of halogens is 10. The van der Waals surface area contributed by atoms with E-state index in [1.54, 1.807) is 40.7 Å². The van der Waals surface area contributed by atoms with Gasteiger partial charge < -0.3 is 18.5 Å². The Morgan fingerprint density at radius 2 is 0.815 bits per heavy atom. The Morgan fingerprint density at radius 3 is 1.15 bits per heavy atom. The summed E-state index contributed by atoms with van der Waals surface area (Å²) in [6.45, 7) is 9.93. The molecule has 12 nitrogen and oxygen atoms in total. The van der Waals surface area contributed by atoms with E-state index in [9.17, 15) is 57.9 Å². The van der Waals surface area contributed by atoms with Crippen molar-refractivity contribution >= 4 is 27.8 Å². The van der Waals surface area contributed by atoms with Crippen LogP contribution in [0.4, 0.5) is 43.9 Å². The van der Waals surface area contributed by atoms with Crippen LogP contribution in [0.25, 0.3) is 0 Å². The molecule has 3 aromatic carbocycles. The van der Waals surface area contributed by atoms with E-state index in [2.05, 4.69) is 9.61 Å². The van der Waals surface area contributed by atoms with Crippen molar-refractivity contribution in [2.45, 2.75) is 53.6 Å².